The fourth-order valence-electron chi connectivity index (χ4n) is 5.86. The maximum Gasteiger partial charge on any atom is 0.311 e. The van der Waals surface area contributed by atoms with Gasteiger partial charge < -0.3 is 9.47 Å². The molecular weight excluding hydrogens is 264 g/mol. The molecule has 4 aliphatic carbocycles. The molecule has 21 heavy (non-hydrogen) atoms. The van der Waals surface area contributed by atoms with E-state index in [1.165, 1.54) is 12.8 Å². The van der Waals surface area contributed by atoms with Crippen LogP contribution in [0.25, 0.3) is 0 Å². The van der Waals surface area contributed by atoms with Gasteiger partial charge in [-0.05, 0) is 68.1 Å². The summed E-state index contributed by atoms with van der Waals surface area (Å²) in [6.07, 6.45) is 9.08. The van der Waals surface area contributed by atoms with Crippen molar-refractivity contribution in [1.29, 1.82) is 0 Å². The first-order valence-electron chi connectivity index (χ1n) is 8.69. The predicted molar refractivity (Wildman–Crippen MR) is 79.2 cm³/mol. The Morgan fingerprint density at radius 2 is 1.95 bits per heavy atom. The summed E-state index contributed by atoms with van der Waals surface area (Å²) < 4.78 is 11.0. The minimum absolute atomic E-state index is 0.00342. The molecule has 4 bridgehead atoms. The van der Waals surface area contributed by atoms with Gasteiger partial charge in [-0.3, -0.25) is 4.79 Å². The van der Waals surface area contributed by atoms with Crippen molar-refractivity contribution in [3.8, 4) is 0 Å². The van der Waals surface area contributed by atoms with Gasteiger partial charge in [0.1, 0.15) is 0 Å². The van der Waals surface area contributed by atoms with Crippen molar-refractivity contribution in [2.24, 2.45) is 41.4 Å². The third-order valence-corrected chi connectivity index (χ3v) is 6.41. The van der Waals surface area contributed by atoms with Crippen LogP contribution in [0.4, 0.5) is 0 Å². The molecule has 3 fully saturated rings. The molecule has 0 aliphatic heterocycles. The fourth-order valence-corrected chi connectivity index (χ4v) is 5.86. The summed E-state index contributed by atoms with van der Waals surface area (Å²) in [4.78, 5) is 12.5. The molecule has 116 valence electrons. The van der Waals surface area contributed by atoms with E-state index in [2.05, 4.69) is 19.1 Å². The first-order chi connectivity index (χ1) is 10.2. The summed E-state index contributed by atoms with van der Waals surface area (Å²) in [6, 6.07) is 0. The maximum absolute atomic E-state index is 12.5. The number of hydrogen-bond donors (Lipinski definition) is 0. The lowest BCUT2D eigenvalue weighted by Crippen LogP contribution is -2.36. The lowest BCUT2D eigenvalue weighted by atomic mass is 9.69. The molecule has 0 heterocycles. The molecule has 0 aromatic rings. The van der Waals surface area contributed by atoms with Crippen LogP contribution in [0.5, 0.6) is 0 Å². The van der Waals surface area contributed by atoms with E-state index in [1.807, 2.05) is 6.92 Å². The minimum Gasteiger partial charge on any atom is -0.436 e. The Kier molecular flexibility index (Phi) is 3.36. The Morgan fingerprint density at radius 3 is 2.71 bits per heavy atom. The van der Waals surface area contributed by atoms with Crippen molar-refractivity contribution in [2.45, 2.75) is 45.8 Å². The molecule has 0 aromatic heterocycles. The number of allylic oxidation sites excluding steroid dienone is 2. The van der Waals surface area contributed by atoms with E-state index >= 15 is 0 Å². The molecule has 0 radical (unpaired) electrons. The number of fused-ring (bicyclic) bond motifs is 9. The molecule has 8 atom stereocenters. The fraction of sp³-hybridized carbons (Fsp3) is 0.833. The van der Waals surface area contributed by atoms with E-state index in [1.54, 1.807) is 0 Å². The summed E-state index contributed by atoms with van der Waals surface area (Å²) in [5, 5.41) is 0. The van der Waals surface area contributed by atoms with E-state index in [4.69, 9.17) is 9.47 Å². The van der Waals surface area contributed by atoms with Crippen molar-refractivity contribution in [2.75, 3.05) is 6.61 Å². The van der Waals surface area contributed by atoms with Gasteiger partial charge in [0.2, 0.25) is 0 Å². The highest BCUT2D eigenvalue weighted by molar-refractivity contribution is 5.73. The predicted octanol–water partition coefficient (Wildman–Crippen LogP) is 3.40. The summed E-state index contributed by atoms with van der Waals surface area (Å²) in [7, 11) is 0. The summed E-state index contributed by atoms with van der Waals surface area (Å²) in [5.41, 5.74) is 0. The molecule has 3 saturated carbocycles. The number of carbonyl (C=O) groups excluding carboxylic acids is 1. The molecule has 4 rings (SSSR count). The van der Waals surface area contributed by atoms with Gasteiger partial charge in [0.25, 0.3) is 0 Å². The lowest BCUT2D eigenvalue weighted by molar-refractivity contribution is -0.182. The Bertz CT molecular complexity index is 457. The van der Waals surface area contributed by atoms with E-state index in [-0.39, 0.29) is 11.9 Å². The van der Waals surface area contributed by atoms with Crippen molar-refractivity contribution >= 4 is 5.97 Å². The summed E-state index contributed by atoms with van der Waals surface area (Å²) in [6.45, 7) is 4.56. The second-order valence-electron chi connectivity index (χ2n) is 7.48. The van der Waals surface area contributed by atoms with Crippen LogP contribution in [0.3, 0.4) is 0 Å². The average molecular weight is 290 g/mol. The van der Waals surface area contributed by atoms with Gasteiger partial charge >= 0.3 is 5.97 Å². The second kappa shape index (κ2) is 5.12. The molecule has 0 N–H and O–H groups in total. The third-order valence-electron chi connectivity index (χ3n) is 6.41. The average Bonchev–Trinajstić information content (AvgIpc) is 3.21. The molecule has 4 aliphatic rings. The van der Waals surface area contributed by atoms with Gasteiger partial charge in [-0.15, -0.1) is 0 Å². The standard InChI is InChI=1S/C18H26O3/c1-3-6-20-10(2)21-18(19)15-9-13-8-14(15)17-12-5-4-11(7-12)16(13)17/h4-5,10-17H,3,6-9H2,1-2H3. The van der Waals surface area contributed by atoms with Gasteiger partial charge in [0.05, 0.1) is 12.5 Å². The minimum atomic E-state index is -0.396. The van der Waals surface area contributed by atoms with Gasteiger partial charge in [-0.25, -0.2) is 0 Å². The van der Waals surface area contributed by atoms with Crippen LogP contribution < -0.4 is 0 Å². The van der Waals surface area contributed by atoms with Gasteiger partial charge in [-0.1, -0.05) is 19.1 Å². The van der Waals surface area contributed by atoms with Crippen LogP contribution in [0.1, 0.15) is 39.5 Å². The zero-order valence-electron chi connectivity index (χ0n) is 13.0. The third kappa shape index (κ3) is 2.08. The van der Waals surface area contributed by atoms with E-state index < -0.39 is 6.29 Å². The number of ether oxygens (including phenoxy) is 2. The smallest absolute Gasteiger partial charge is 0.311 e. The van der Waals surface area contributed by atoms with Crippen LogP contribution in [0, 0.1) is 41.4 Å². The van der Waals surface area contributed by atoms with Gasteiger partial charge in [-0.2, -0.15) is 0 Å². The van der Waals surface area contributed by atoms with Crippen LogP contribution in [-0.2, 0) is 14.3 Å². The normalized spacial score (nSPS) is 46.9. The topological polar surface area (TPSA) is 35.5 Å². The van der Waals surface area contributed by atoms with Crippen LogP contribution in [0.2, 0.25) is 0 Å². The van der Waals surface area contributed by atoms with Crippen LogP contribution in [-0.4, -0.2) is 18.9 Å². The zero-order valence-corrected chi connectivity index (χ0v) is 13.0. The highest BCUT2D eigenvalue weighted by Gasteiger charge is 2.62. The molecule has 0 saturated heterocycles. The molecule has 0 spiro atoms. The monoisotopic (exact) mass is 290 g/mol. The number of hydrogen-bond acceptors (Lipinski definition) is 3. The van der Waals surface area contributed by atoms with E-state index in [0.29, 0.717) is 12.5 Å². The van der Waals surface area contributed by atoms with Gasteiger partial charge in [0, 0.05) is 0 Å². The number of carbonyl (C=O) groups is 1. The van der Waals surface area contributed by atoms with Crippen LogP contribution >= 0.6 is 0 Å². The van der Waals surface area contributed by atoms with Crippen molar-refractivity contribution in [3.63, 3.8) is 0 Å². The number of esters is 1. The highest BCUT2D eigenvalue weighted by atomic mass is 16.7. The van der Waals surface area contributed by atoms with Crippen LogP contribution in [0.15, 0.2) is 12.2 Å². The quantitative estimate of drug-likeness (QED) is 0.337. The second-order valence-corrected chi connectivity index (χ2v) is 7.48. The maximum atomic E-state index is 12.5. The zero-order chi connectivity index (χ0) is 14.6. The van der Waals surface area contributed by atoms with Crippen molar-refractivity contribution in [1.82, 2.24) is 0 Å². The molecular formula is C18H26O3. The van der Waals surface area contributed by atoms with Gasteiger partial charge in [0.15, 0.2) is 6.29 Å². The van der Waals surface area contributed by atoms with E-state index in [9.17, 15) is 4.79 Å². The Morgan fingerprint density at radius 1 is 1.19 bits per heavy atom. The van der Waals surface area contributed by atoms with Crippen molar-refractivity contribution < 1.29 is 14.3 Å². The first-order valence-corrected chi connectivity index (χ1v) is 8.69. The Balaban J connectivity index is 1.40. The molecule has 3 nitrogen and oxygen atoms in total. The Hall–Kier alpha value is -0.830. The van der Waals surface area contributed by atoms with Crippen molar-refractivity contribution in [3.05, 3.63) is 12.2 Å². The largest absolute Gasteiger partial charge is 0.436 e. The molecule has 0 aromatic carbocycles. The molecule has 8 unspecified atom stereocenters. The number of rotatable bonds is 5. The molecule has 0 amide bonds. The lowest BCUT2D eigenvalue weighted by Gasteiger charge is -2.35. The highest BCUT2D eigenvalue weighted by Crippen LogP contribution is 2.67. The summed E-state index contributed by atoms with van der Waals surface area (Å²) >= 11 is 0. The first kappa shape index (κ1) is 13.8. The SMILES string of the molecule is CCCOC(C)OC(=O)C1CC2CC1C1C3C=CC(C3)C21. The Labute approximate surface area is 127 Å². The molecule has 3 heteroatoms. The van der Waals surface area contributed by atoms with E-state index in [0.717, 1.165) is 42.4 Å². The summed E-state index contributed by atoms with van der Waals surface area (Å²) in [5.74, 6) is 4.69.